The van der Waals surface area contributed by atoms with Gasteiger partial charge in [0.1, 0.15) is 12.2 Å². The van der Waals surface area contributed by atoms with E-state index in [0.29, 0.717) is 12.8 Å². The fraction of sp³-hybridized carbons (Fsp3) is 1.00. The number of rotatable bonds is 11. The topological polar surface area (TPSA) is 143 Å². The molecule has 10 heteroatoms. The van der Waals surface area contributed by atoms with Crippen LogP contribution >= 0.6 is 0 Å². The van der Waals surface area contributed by atoms with Crippen molar-refractivity contribution in [3.8, 4) is 0 Å². The molecule has 18 heavy (non-hydrogen) atoms. The molecular formula is C8H18N4O6. The minimum absolute atomic E-state index is 0.139. The van der Waals surface area contributed by atoms with E-state index in [2.05, 4.69) is 15.1 Å². The Morgan fingerprint density at radius 2 is 1.67 bits per heavy atom. The van der Waals surface area contributed by atoms with Crippen LogP contribution in [0.4, 0.5) is 0 Å². The summed E-state index contributed by atoms with van der Waals surface area (Å²) in [4.78, 5) is 29.5. The molecule has 0 fully saturated rings. The van der Waals surface area contributed by atoms with Gasteiger partial charge in [0.05, 0.1) is 0 Å². The molecular weight excluding hydrogens is 248 g/mol. The number of nitrogens with one attached hydrogen (secondary N) is 1. The molecule has 0 aromatic carbocycles. The van der Waals surface area contributed by atoms with Gasteiger partial charge in [-0.3, -0.25) is 11.3 Å². The summed E-state index contributed by atoms with van der Waals surface area (Å²) in [6.45, 7) is 2.12. The Hall–Kier alpha value is -1.68. The zero-order valence-corrected chi connectivity index (χ0v) is 10.1. The van der Waals surface area contributed by atoms with Gasteiger partial charge < -0.3 is 9.68 Å². The van der Waals surface area contributed by atoms with E-state index in [1.165, 1.54) is 0 Å². The van der Waals surface area contributed by atoms with Crippen molar-refractivity contribution in [1.82, 2.24) is 5.43 Å². The molecule has 3 N–H and O–H groups in total. The highest BCUT2D eigenvalue weighted by molar-refractivity contribution is 4.69. The van der Waals surface area contributed by atoms with Gasteiger partial charge in [0.15, 0.2) is 0 Å². The van der Waals surface area contributed by atoms with Gasteiger partial charge in [-0.15, -0.1) is 20.2 Å². The third-order valence-corrected chi connectivity index (χ3v) is 2.27. The quantitative estimate of drug-likeness (QED) is 0.306. The van der Waals surface area contributed by atoms with Crippen molar-refractivity contribution in [2.45, 2.75) is 44.8 Å². The zero-order chi connectivity index (χ0) is 14.0. The van der Waals surface area contributed by atoms with Gasteiger partial charge in [-0.25, -0.2) is 0 Å². The minimum atomic E-state index is -1.02. The van der Waals surface area contributed by atoms with Crippen LogP contribution in [0.1, 0.15) is 32.6 Å². The van der Waals surface area contributed by atoms with Crippen LogP contribution in [-0.4, -0.2) is 28.9 Å². The van der Waals surface area contributed by atoms with Crippen LogP contribution in [0, 0.1) is 20.2 Å². The molecule has 0 heterocycles. The number of hydrazine groups is 1. The van der Waals surface area contributed by atoms with E-state index in [1.807, 2.05) is 6.92 Å². The molecule has 0 rings (SSSR count). The van der Waals surface area contributed by atoms with Gasteiger partial charge >= 0.3 is 0 Å². The number of nitrogens with zero attached hydrogens (tertiary/aromatic N) is 2. The molecule has 106 valence electrons. The van der Waals surface area contributed by atoms with E-state index < -0.39 is 22.4 Å². The van der Waals surface area contributed by atoms with Crippen LogP contribution in [0.3, 0.4) is 0 Å². The van der Waals surface area contributed by atoms with Gasteiger partial charge in [0.2, 0.25) is 0 Å². The first-order valence-corrected chi connectivity index (χ1v) is 5.57. The Labute approximate surface area is 104 Å². The van der Waals surface area contributed by atoms with Gasteiger partial charge in [-0.05, 0) is 12.8 Å². The average molecular weight is 266 g/mol. The molecule has 2 unspecified atom stereocenters. The number of hydrogen-bond donors (Lipinski definition) is 2. The molecule has 0 bridgehead atoms. The highest BCUT2D eigenvalue weighted by Gasteiger charge is 2.27. The predicted molar refractivity (Wildman–Crippen MR) is 60.1 cm³/mol. The van der Waals surface area contributed by atoms with Crippen LogP contribution in [0.2, 0.25) is 0 Å². The standard InChI is InChI=1S/C8H18N4O6/c1-2-3-4-7(17-11(13)14)8(5-6-10-9)18-12(15)16/h7-8,10H,2-6,9H2,1H3. The van der Waals surface area contributed by atoms with Crippen molar-refractivity contribution in [1.29, 1.82) is 0 Å². The second-order valence-electron chi connectivity index (χ2n) is 3.62. The van der Waals surface area contributed by atoms with Crippen molar-refractivity contribution < 1.29 is 19.8 Å². The fourth-order valence-corrected chi connectivity index (χ4v) is 1.46. The van der Waals surface area contributed by atoms with Crippen LogP contribution in [0.5, 0.6) is 0 Å². The van der Waals surface area contributed by atoms with Crippen LogP contribution in [-0.2, 0) is 9.68 Å². The molecule has 2 atom stereocenters. The van der Waals surface area contributed by atoms with Crippen LogP contribution in [0.25, 0.3) is 0 Å². The molecule has 0 spiro atoms. The lowest BCUT2D eigenvalue weighted by atomic mass is 10.0. The van der Waals surface area contributed by atoms with Gasteiger partial charge in [0, 0.05) is 6.54 Å². The summed E-state index contributed by atoms with van der Waals surface area (Å²) < 4.78 is 0. The Bertz CT molecular complexity index is 238. The van der Waals surface area contributed by atoms with E-state index in [0.717, 1.165) is 6.42 Å². The monoisotopic (exact) mass is 266 g/mol. The Morgan fingerprint density at radius 1 is 1.17 bits per heavy atom. The second-order valence-corrected chi connectivity index (χ2v) is 3.62. The Balaban J connectivity index is 4.57. The fourth-order valence-electron chi connectivity index (χ4n) is 1.46. The average Bonchev–Trinajstić information content (AvgIpc) is 2.29. The smallest absolute Gasteiger partial charge is 0.294 e. The molecule has 0 aromatic heterocycles. The number of nitrogens with two attached hydrogens (primary N) is 1. The van der Waals surface area contributed by atoms with E-state index >= 15 is 0 Å². The summed E-state index contributed by atoms with van der Waals surface area (Å²) in [7, 11) is 0. The number of hydrogen-bond acceptors (Lipinski definition) is 8. The highest BCUT2D eigenvalue weighted by atomic mass is 17.0. The maximum Gasteiger partial charge on any atom is 0.294 e. The Morgan fingerprint density at radius 3 is 2.06 bits per heavy atom. The molecule has 0 aromatic rings. The van der Waals surface area contributed by atoms with Crippen LogP contribution < -0.4 is 11.3 Å². The predicted octanol–water partition coefficient (Wildman–Crippen LogP) is 0.184. The van der Waals surface area contributed by atoms with Crippen molar-refractivity contribution >= 4 is 0 Å². The van der Waals surface area contributed by atoms with Gasteiger partial charge in [-0.1, -0.05) is 19.8 Å². The summed E-state index contributed by atoms with van der Waals surface area (Å²) in [5, 5.41) is 18.7. The zero-order valence-electron chi connectivity index (χ0n) is 10.1. The summed E-state index contributed by atoms with van der Waals surface area (Å²) in [6, 6.07) is 0. The lowest BCUT2D eigenvalue weighted by Crippen LogP contribution is -2.38. The first-order valence-electron chi connectivity index (χ1n) is 5.57. The third kappa shape index (κ3) is 7.57. The van der Waals surface area contributed by atoms with Crippen molar-refractivity contribution in [3.05, 3.63) is 20.2 Å². The molecule has 0 radical (unpaired) electrons. The van der Waals surface area contributed by atoms with Gasteiger partial charge in [0.25, 0.3) is 10.2 Å². The van der Waals surface area contributed by atoms with E-state index in [9.17, 15) is 20.2 Å². The minimum Gasteiger partial charge on any atom is -0.308 e. The largest absolute Gasteiger partial charge is 0.308 e. The summed E-state index contributed by atoms with van der Waals surface area (Å²) in [5.74, 6) is 5.06. The van der Waals surface area contributed by atoms with Crippen LogP contribution in [0.15, 0.2) is 0 Å². The maximum atomic E-state index is 10.4. The maximum absolute atomic E-state index is 10.4. The summed E-state index contributed by atoms with van der Waals surface area (Å²) in [5.41, 5.74) is 2.31. The van der Waals surface area contributed by atoms with E-state index in [1.54, 1.807) is 0 Å². The highest BCUT2D eigenvalue weighted by Crippen LogP contribution is 2.15. The third-order valence-electron chi connectivity index (χ3n) is 2.27. The number of unbranched alkanes of at least 4 members (excludes halogenated alkanes) is 1. The molecule has 0 aliphatic heterocycles. The SMILES string of the molecule is CCCCC(O[N+](=O)[O-])C(CCNN)O[N+](=O)[O-]. The van der Waals surface area contributed by atoms with E-state index in [4.69, 9.17) is 5.84 Å². The Kier molecular flexibility index (Phi) is 8.49. The summed E-state index contributed by atoms with van der Waals surface area (Å²) >= 11 is 0. The second kappa shape index (κ2) is 9.36. The van der Waals surface area contributed by atoms with Crippen molar-refractivity contribution in [2.75, 3.05) is 6.54 Å². The lowest BCUT2D eigenvalue weighted by molar-refractivity contribution is -0.799. The molecule has 0 amide bonds. The molecule has 10 nitrogen and oxygen atoms in total. The van der Waals surface area contributed by atoms with Gasteiger partial charge in [-0.2, -0.15) is 0 Å². The molecule has 0 saturated carbocycles. The van der Waals surface area contributed by atoms with Crippen molar-refractivity contribution in [3.63, 3.8) is 0 Å². The normalized spacial score (nSPS) is 13.7. The van der Waals surface area contributed by atoms with Crippen molar-refractivity contribution in [2.24, 2.45) is 5.84 Å². The molecule has 0 aliphatic carbocycles. The first-order chi connectivity index (χ1) is 8.51. The first kappa shape index (κ1) is 16.3. The molecule has 0 aliphatic rings. The van der Waals surface area contributed by atoms with E-state index in [-0.39, 0.29) is 13.0 Å². The molecule has 0 saturated heterocycles. The lowest BCUT2D eigenvalue weighted by Gasteiger charge is -2.23. The summed E-state index contributed by atoms with van der Waals surface area (Å²) in [6.07, 6.45) is -0.115.